The molecule has 0 aliphatic carbocycles. The van der Waals surface area contributed by atoms with E-state index in [4.69, 9.17) is 32.5 Å². The Bertz CT molecular complexity index is 1120. The molecule has 0 N–H and O–H groups in total. The Morgan fingerprint density at radius 3 is 2.45 bits per heavy atom. The molecule has 0 atom stereocenters. The van der Waals surface area contributed by atoms with Gasteiger partial charge in [-0.2, -0.15) is 4.98 Å². The van der Waals surface area contributed by atoms with Gasteiger partial charge >= 0.3 is 0 Å². The van der Waals surface area contributed by atoms with Gasteiger partial charge in [0.05, 0.1) is 0 Å². The van der Waals surface area contributed by atoms with Gasteiger partial charge in [-0.15, -0.1) is 0 Å². The van der Waals surface area contributed by atoms with Crippen LogP contribution in [0.3, 0.4) is 0 Å². The summed E-state index contributed by atoms with van der Waals surface area (Å²) in [6.07, 6.45) is 3.51. The second-order valence-electron chi connectivity index (χ2n) is 6.25. The maximum absolute atomic E-state index is 6.16. The number of rotatable bonds is 6. The number of aromatic nitrogens is 2. The predicted molar refractivity (Wildman–Crippen MR) is 116 cm³/mol. The lowest BCUT2D eigenvalue weighted by Crippen LogP contribution is -1.94. The van der Waals surface area contributed by atoms with Crippen LogP contribution >= 0.6 is 23.2 Å². The van der Waals surface area contributed by atoms with Crippen LogP contribution in [0.5, 0.6) is 5.75 Å². The SMILES string of the molecule is Clc1ccc(C=Cc2nc(-c3ccc(OCc4ccccc4)cc3)no2)c(Cl)c1. The van der Waals surface area contributed by atoms with Gasteiger partial charge in [0.1, 0.15) is 12.4 Å². The molecular formula is C23H16Cl2N2O2. The number of ether oxygens (including phenoxy) is 1. The smallest absolute Gasteiger partial charge is 0.250 e. The van der Waals surface area contributed by atoms with Crippen molar-refractivity contribution in [2.24, 2.45) is 0 Å². The molecule has 0 amide bonds. The molecule has 0 saturated heterocycles. The third-order valence-electron chi connectivity index (χ3n) is 4.17. The topological polar surface area (TPSA) is 48.2 Å². The minimum absolute atomic E-state index is 0.385. The van der Waals surface area contributed by atoms with Crippen LogP contribution in [0.15, 0.2) is 77.3 Å². The molecule has 1 heterocycles. The highest BCUT2D eigenvalue weighted by molar-refractivity contribution is 6.35. The number of halogens is 2. The Kier molecular flexibility index (Phi) is 5.94. The van der Waals surface area contributed by atoms with E-state index in [9.17, 15) is 0 Å². The Morgan fingerprint density at radius 2 is 1.69 bits per heavy atom. The second-order valence-corrected chi connectivity index (χ2v) is 7.10. The number of benzene rings is 3. The molecule has 0 saturated carbocycles. The fourth-order valence-corrected chi connectivity index (χ4v) is 3.13. The van der Waals surface area contributed by atoms with Gasteiger partial charge < -0.3 is 9.26 Å². The highest BCUT2D eigenvalue weighted by Gasteiger charge is 2.07. The minimum atomic E-state index is 0.385. The van der Waals surface area contributed by atoms with Crippen LogP contribution < -0.4 is 4.74 Å². The van der Waals surface area contributed by atoms with Crippen molar-refractivity contribution in [1.82, 2.24) is 10.1 Å². The third-order valence-corrected chi connectivity index (χ3v) is 4.73. The third kappa shape index (κ3) is 5.05. The lowest BCUT2D eigenvalue weighted by molar-refractivity contribution is 0.306. The summed E-state index contributed by atoms with van der Waals surface area (Å²) >= 11 is 12.1. The predicted octanol–water partition coefficient (Wildman–Crippen LogP) is 6.79. The molecule has 0 aliphatic heterocycles. The van der Waals surface area contributed by atoms with Crippen molar-refractivity contribution in [3.05, 3.63) is 99.9 Å². The zero-order valence-corrected chi connectivity index (χ0v) is 16.8. The average molecular weight is 423 g/mol. The fourth-order valence-electron chi connectivity index (χ4n) is 2.66. The van der Waals surface area contributed by atoms with Gasteiger partial charge in [-0.3, -0.25) is 0 Å². The molecule has 29 heavy (non-hydrogen) atoms. The summed E-state index contributed by atoms with van der Waals surface area (Å²) in [6, 6.07) is 22.9. The largest absolute Gasteiger partial charge is 0.489 e. The summed E-state index contributed by atoms with van der Waals surface area (Å²) in [5.74, 6) is 1.66. The van der Waals surface area contributed by atoms with Gasteiger partial charge in [0.15, 0.2) is 0 Å². The Balaban J connectivity index is 1.41. The first-order chi connectivity index (χ1) is 14.2. The first-order valence-corrected chi connectivity index (χ1v) is 9.67. The number of hydrogen-bond donors (Lipinski definition) is 0. The molecule has 0 fully saturated rings. The van der Waals surface area contributed by atoms with Gasteiger partial charge in [0.2, 0.25) is 5.82 Å². The first kappa shape index (κ1) is 19.2. The van der Waals surface area contributed by atoms with Crippen LogP contribution in [-0.4, -0.2) is 10.1 Å². The lowest BCUT2D eigenvalue weighted by atomic mass is 10.2. The highest BCUT2D eigenvalue weighted by atomic mass is 35.5. The van der Waals surface area contributed by atoms with E-state index in [0.717, 1.165) is 22.4 Å². The van der Waals surface area contributed by atoms with Crippen LogP contribution in [0.1, 0.15) is 17.0 Å². The van der Waals surface area contributed by atoms with Crippen LogP contribution in [-0.2, 0) is 6.61 Å². The Hall–Kier alpha value is -3.08. The van der Waals surface area contributed by atoms with Crippen molar-refractivity contribution in [1.29, 1.82) is 0 Å². The lowest BCUT2D eigenvalue weighted by Gasteiger charge is -2.06. The number of hydrogen-bond acceptors (Lipinski definition) is 4. The molecule has 0 radical (unpaired) electrons. The van der Waals surface area contributed by atoms with Crippen molar-refractivity contribution >= 4 is 35.4 Å². The fraction of sp³-hybridized carbons (Fsp3) is 0.0435. The molecule has 6 heteroatoms. The van der Waals surface area contributed by atoms with Crippen LogP contribution in [0.25, 0.3) is 23.5 Å². The van der Waals surface area contributed by atoms with E-state index < -0.39 is 0 Å². The minimum Gasteiger partial charge on any atom is -0.489 e. The molecule has 4 nitrogen and oxygen atoms in total. The van der Waals surface area contributed by atoms with E-state index in [1.807, 2.05) is 60.7 Å². The normalized spacial score (nSPS) is 11.1. The van der Waals surface area contributed by atoms with Gasteiger partial charge in [-0.1, -0.05) is 64.8 Å². The van der Waals surface area contributed by atoms with Crippen molar-refractivity contribution in [3.63, 3.8) is 0 Å². The summed E-state index contributed by atoms with van der Waals surface area (Å²) in [4.78, 5) is 4.39. The molecule has 1 aromatic heterocycles. The maximum atomic E-state index is 6.16. The first-order valence-electron chi connectivity index (χ1n) is 8.91. The van der Waals surface area contributed by atoms with Gasteiger partial charge in [0, 0.05) is 21.7 Å². The van der Waals surface area contributed by atoms with E-state index in [2.05, 4.69) is 10.1 Å². The van der Waals surface area contributed by atoms with Crippen molar-refractivity contribution in [3.8, 4) is 17.1 Å². The second kappa shape index (κ2) is 8.95. The van der Waals surface area contributed by atoms with Crippen molar-refractivity contribution in [2.75, 3.05) is 0 Å². The van der Waals surface area contributed by atoms with Crippen molar-refractivity contribution in [2.45, 2.75) is 6.61 Å². The molecule has 4 rings (SSSR count). The summed E-state index contributed by atoms with van der Waals surface area (Å²) in [6.45, 7) is 0.518. The van der Waals surface area contributed by atoms with Crippen LogP contribution in [0.4, 0.5) is 0 Å². The Morgan fingerprint density at radius 1 is 0.897 bits per heavy atom. The van der Waals surface area contributed by atoms with E-state index in [1.165, 1.54) is 0 Å². The van der Waals surface area contributed by atoms with Gasteiger partial charge in [-0.25, -0.2) is 0 Å². The monoisotopic (exact) mass is 422 g/mol. The molecule has 0 unspecified atom stereocenters. The Labute approximate surface area is 178 Å². The van der Waals surface area contributed by atoms with Crippen molar-refractivity contribution < 1.29 is 9.26 Å². The molecule has 3 aromatic carbocycles. The summed E-state index contributed by atoms with van der Waals surface area (Å²) in [7, 11) is 0. The molecule has 0 spiro atoms. The molecule has 144 valence electrons. The summed E-state index contributed by atoms with van der Waals surface area (Å²) < 4.78 is 11.1. The van der Waals surface area contributed by atoms with Crippen LogP contribution in [0.2, 0.25) is 10.0 Å². The quantitative estimate of drug-likeness (QED) is 0.343. The van der Waals surface area contributed by atoms with Crippen LogP contribution in [0, 0.1) is 0 Å². The summed E-state index contributed by atoms with van der Waals surface area (Å²) in [5, 5.41) is 5.17. The van der Waals surface area contributed by atoms with E-state index in [-0.39, 0.29) is 0 Å². The molecule has 4 aromatic rings. The van der Waals surface area contributed by atoms with Gasteiger partial charge in [-0.05, 0) is 53.6 Å². The van der Waals surface area contributed by atoms with Gasteiger partial charge in [0.25, 0.3) is 5.89 Å². The van der Waals surface area contributed by atoms with E-state index in [1.54, 1.807) is 24.3 Å². The zero-order valence-electron chi connectivity index (χ0n) is 15.3. The average Bonchev–Trinajstić information content (AvgIpc) is 3.22. The molecule has 0 aliphatic rings. The van der Waals surface area contributed by atoms with E-state index >= 15 is 0 Å². The number of nitrogens with zero attached hydrogens (tertiary/aromatic N) is 2. The molecular weight excluding hydrogens is 407 g/mol. The standard InChI is InChI=1S/C23H16Cl2N2O2/c24-19-10-6-17(21(25)14-19)9-13-22-26-23(27-29-22)18-7-11-20(12-8-18)28-15-16-4-2-1-3-5-16/h1-14H,15H2. The van der Waals surface area contributed by atoms with E-state index in [0.29, 0.717) is 28.4 Å². The summed E-state index contributed by atoms with van der Waals surface area (Å²) in [5.41, 5.74) is 2.77. The highest BCUT2D eigenvalue weighted by Crippen LogP contribution is 2.24. The zero-order chi connectivity index (χ0) is 20.1. The maximum Gasteiger partial charge on any atom is 0.250 e. The molecule has 0 bridgehead atoms.